The van der Waals surface area contributed by atoms with E-state index in [0.717, 1.165) is 0 Å². The molecule has 0 aromatic carbocycles. The lowest BCUT2D eigenvalue weighted by Gasteiger charge is -2.17. The van der Waals surface area contributed by atoms with Crippen LogP contribution in [-0.4, -0.2) is 94.9 Å². The van der Waals surface area contributed by atoms with Gasteiger partial charge >= 0.3 is 6.03 Å². The molecule has 0 aromatic heterocycles. The van der Waals surface area contributed by atoms with Crippen molar-refractivity contribution in [1.29, 1.82) is 0 Å². The lowest BCUT2D eigenvalue weighted by Crippen LogP contribution is -2.39. The maximum absolute atomic E-state index is 11.6. The second kappa shape index (κ2) is 25.5. The van der Waals surface area contributed by atoms with Gasteiger partial charge in [-0.25, -0.2) is 4.79 Å². The van der Waals surface area contributed by atoms with E-state index in [1.807, 2.05) is 6.92 Å². The van der Waals surface area contributed by atoms with Gasteiger partial charge in [0.15, 0.2) is 5.78 Å². The van der Waals surface area contributed by atoms with Crippen LogP contribution in [0.3, 0.4) is 0 Å². The van der Waals surface area contributed by atoms with E-state index >= 15 is 0 Å². The Balaban J connectivity index is 0. The number of hydrogen-bond donors (Lipinski definition) is 5. The summed E-state index contributed by atoms with van der Waals surface area (Å²) in [6.07, 6.45) is 1.97. The minimum atomic E-state index is -0.588. The molecule has 0 saturated carbocycles. The largest absolute Gasteiger partial charge is 0.379 e. The fraction of sp³-hybridized carbons (Fsp3) is 0.808. The zero-order valence-electron chi connectivity index (χ0n) is 24.5. The average Bonchev–Trinajstić information content (AvgIpc) is 2.86. The van der Waals surface area contributed by atoms with Crippen LogP contribution in [0.1, 0.15) is 60.8 Å². The van der Waals surface area contributed by atoms with Crippen molar-refractivity contribution >= 4 is 30.0 Å². The van der Waals surface area contributed by atoms with Crippen molar-refractivity contribution in [1.82, 2.24) is 21.3 Å². The number of amides is 5. The Morgan fingerprint density at radius 1 is 0.821 bits per heavy atom. The van der Waals surface area contributed by atoms with Crippen LogP contribution in [0.2, 0.25) is 0 Å². The number of primary amides is 1. The van der Waals surface area contributed by atoms with Crippen LogP contribution >= 0.6 is 0 Å². The molecule has 2 atom stereocenters. The standard InChI is InChI=1S/C16H32N2O5.C10H19N3O3/c1-13(2)14(3)18-16(20)5-7-21-9-11-23-12-10-22-8-6-17-15(4)19;1-7(2)9(15)8(13-6-14)4-3-5-12-10(11)16/h13-14H,5-12H2,1-4H3,(H,17,19)(H,18,20);6-8H,3-5H2,1-2H3,(H,13,14)(H3,11,12,16). The number of ether oxygens (including phenoxy) is 3. The van der Waals surface area contributed by atoms with Crippen molar-refractivity contribution < 1.29 is 38.2 Å². The van der Waals surface area contributed by atoms with Gasteiger partial charge in [0.25, 0.3) is 0 Å². The van der Waals surface area contributed by atoms with Gasteiger partial charge in [-0.15, -0.1) is 0 Å². The lowest BCUT2D eigenvalue weighted by atomic mass is 9.98. The number of carbonyl (C=O) groups excluding carboxylic acids is 5. The maximum Gasteiger partial charge on any atom is 0.312 e. The van der Waals surface area contributed by atoms with Gasteiger partial charge in [-0.1, -0.05) is 27.7 Å². The highest BCUT2D eigenvalue weighted by atomic mass is 16.5. The first-order valence-corrected chi connectivity index (χ1v) is 13.5. The van der Waals surface area contributed by atoms with Gasteiger partial charge in [0.05, 0.1) is 45.7 Å². The SMILES string of the molecule is CC(=O)NCCOCCOCCOCCC(=O)NC(C)C(C)C.CC(C)C(=O)C(CCCNC(N)=O)NC=O. The van der Waals surface area contributed by atoms with E-state index in [-0.39, 0.29) is 29.6 Å². The van der Waals surface area contributed by atoms with Crippen molar-refractivity contribution in [3.05, 3.63) is 0 Å². The zero-order chi connectivity index (χ0) is 30.1. The number of Topliss-reactive ketones (excluding diaryl/α,β-unsaturated/α-hetero) is 1. The second-order valence-electron chi connectivity index (χ2n) is 9.50. The molecule has 0 fully saturated rings. The molecular weight excluding hydrogens is 510 g/mol. The number of ketones is 1. The highest BCUT2D eigenvalue weighted by Crippen LogP contribution is 2.05. The predicted octanol–water partition coefficient (Wildman–Crippen LogP) is 0.498. The summed E-state index contributed by atoms with van der Waals surface area (Å²) in [6, 6.07) is -0.890. The molecule has 0 aliphatic carbocycles. The minimum Gasteiger partial charge on any atom is -0.379 e. The highest BCUT2D eigenvalue weighted by Gasteiger charge is 2.19. The summed E-state index contributed by atoms with van der Waals surface area (Å²) in [4.78, 5) is 54.5. The average molecular weight is 562 g/mol. The Kier molecular flexibility index (Phi) is 25.1. The van der Waals surface area contributed by atoms with Gasteiger partial charge in [-0.05, 0) is 25.7 Å². The van der Waals surface area contributed by atoms with Crippen LogP contribution in [0.25, 0.3) is 0 Å². The fourth-order valence-electron chi connectivity index (χ4n) is 2.81. The van der Waals surface area contributed by atoms with Crippen molar-refractivity contribution in [2.24, 2.45) is 17.6 Å². The number of urea groups is 1. The molecule has 13 heteroatoms. The Morgan fingerprint density at radius 3 is 1.87 bits per heavy atom. The molecule has 0 aromatic rings. The van der Waals surface area contributed by atoms with E-state index in [0.29, 0.717) is 84.3 Å². The monoisotopic (exact) mass is 561 g/mol. The molecule has 0 aliphatic heterocycles. The Hall–Kier alpha value is -2.77. The van der Waals surface area contributed by atoms with E-state index in [1.54, 1.807) is 13.8 Å². The van der Waals surface area contributed by atoms with E-state index in [1.165, 1.54) is 6.92 Å². The molecule has 5 amide bonds. The molecule has 0 radical (unpaired) electrons. The van der Waals surface area contributed by atoms with E-state index in [4.69, 9.17) is 19.9 Å². The molecular formula is C26H51N5O8. The van der Waals surface area contributed by atoms with Crippen molar-refractivity contribution in [2.45, 2.75) is 72.9 Å². The molecule has 13 nitrogen and oxygen atoms in total. The molecule has 6 N–H and O–H groups in total. The molecule has 0 rings (SSSR count). The van der Waals surface area contributed by atoms with Gasteiger partial charge in [-0.3, -0.25) is 19.2 Å². The van der Waals surface area contributed by atoms with Crippen molar-refractivity contribution in [2.75, 3.05) is 52.7 Å². The van der Waals surface area contributed by atoms with Gasteiger partial charge < -0.3 is 41.2 Å². The fourth-order valence-corrected chi connectivity index (χ4v) is 2.81. The van der Waals surface area contributed by atoms with Gasteiger partial charge in [0, 0.05) is 38.4 Å². The topological polar surface area (TPSA) is 187 Å². The van der Waals surface area contributed by atoms with Crippen LogP contribution < -0.4 is 27.0 Å². The zero-order valence-corrected chi connectivity index (χ0v) is 24.5. The molecule has 0 aliphatic rings. The number of nitrogens with one attached hydrogen (secondary N) is 4. The molecule has 0 bridgehead atoms. The van der Waals surface area contributed by atoms with E-state index in [2.05, 4.69) is 35.1 Å². The third-order valence-electron chi connectivity index (χ3n) is 5.38. The first kappa shape index (κ1) is 38.4. The summed E-state index contributed by atoms with van der Waals surface area (Å²) < 4.78 is 15.9. The van der Waals surface area contributed by atoms with E-state index in [9.17, 15) is 24.0 Å². The van der Waals surface area contributed by atoms with Crippen molar-refractivity contribution in [3.8, 4) is 0 Å². The molecule has 2 unspecified atom stereocenters. The summed E-state index contributed by atoms with van der Waals surface area (Å²) >= 11 is 0. The summed E-state index contributed by atoms with van der Waals surface area (Å²) in [6.45, 7) is 14.8. The number of rotatable bonds is 22. The third-order valence-corrected chi connectivity index (χ3v) is 5.38. The number of nitrogens with two attached hydrogens (primary N) is 1. The highest BCUT2D eigenvalue weighted by molar-refractivity contribution is 5.87. The summed E-state index contributed by atoms with van der Waals surface area (Å²) in [7, 11) is 0. The van der Waals surface area contributed by atoms with Crippen LogP contribution in [0.5, 0.6) is 0 Å². The maximum atomic E-state index is 11.6. The van der Waals surface area contributed by atoms with Crippen LogP contribution in [0.4, 0.5) is 4.79 Å². The van der Waals surface area contributed by atoms with E-state index < -0.39 is 12.1 Å². The van der Waals surface area contributed by atoms with Crippen LogP contribution in [0.15, 0.2) is 0 Å². The Labute approximate surface area is 233 Å². The molecule has 39 heavy (non-hydrogen) atoms. The third kappa shape index (κ3) is 26.6. The summed E-state index contributed by atoms with van der Waals surface area (Å²) in [5.74, 6) is 0.246. The quantitative estimate of drug-likeness (QED) is 0.0933. The normalized spacial score (nSPS) is 12.1. The predicted molar refractivity (Wildman–Crippen MR) is 148 cm³/mol. The molecule has 0 spiro atoms. The summed E-state index contributed by atoms with van der Waals surface area (Å²) in [5.41, 5.74) is 4.89. The van der Waals surface area contributed by atoms with Crippen LogP contribution in [0, 0.1) is 11.8 Å². The Morgan fingerprint density at radius 2 is 1.38 bits per heavy atom. The van der Waals surface area contributed by atoms with Crippen molar-refractivity contribution in [3.63, 3.8) is 0 Å². The van der Waals surface area contributed by atoms with Crippen LogP contribution in [-0.2, 0) is 33.4 Å². The van der Waals surface area contributed by atoms with Gasteiger partial charge in [0.2, 0.25) is 18.2 Å². The second-order valence-corrected chi connectivity index (χ2v) is 9.50. The number of carbonyl (C=O) groups is 5. The minimum absolute atomic E-state index is 0.00817. The molecule has 228 valence electrons. The number of hydrogen-bond acceptors (Lipinski definition) is 8. The lowest BCUT2D eigenvalue weighted by molar-refractivity contribution is -0.126. The smallest absolute Gasteiger partial charge is 0.312 e. The first-order chi connectivity index (χ1) is 18.4. The summed E-state index contributed by atoms with van der Waals surface area (Å²) in [5, 5.41) is 10.5. The van der Waals surface area contributed by atoms with Gasteiger partial charge in [0.1, 0.15) is 0 Å². The molecule has 0 saturated heterocycles. The first-order valence-electron chi connectivity index (χ1n) is 13.5. The molecule has 0 heterocycles. The van der Waals surface area contributed by atoms with Gasteiger partial charge in [-0.2, -0.15) is 0 Å². The Bertz CT molecular complexity index is 691.